The number of hydrogen-bond donors (Lipinski definition) is 0. The second kappa shape index (κ2) is 2.07. The quantitative estimate of drug-likeness (QED) is 0.314. The normalized spacial score (nSPS) is 17.4. The van der Waals surface area contributed by atoms with Crippen molar-refractivity contribution in [1.82, 2.24) is 0 Å². The first-order chi connectivity index (χ1) is 3.50. The zero-order valence-corrected chi connectivity index (χ0v) is 4.85. The molecule has 0 spiro atoms. The molecule has 8 heavy (non-hydrogen) atoms. The van der Waals surface area contributed by atoms with Gasteiger partial charge in [-0.05, 0) is 0 Å². The fourth-order valence-electron chi connectivity index (χ4n) is 0.129. The lowest BCUT2D eigenvalue weighted by Gasteiger charge is -2.05. The van der Waals surface area contributed by atoms with Gasteiger partial charge in [-0.2, -0.15) is 4.39 Å². The third-order valence-corrected chi connectivity index (χ3v) is 1.03. The van der Waals surface area contributed by atoms with Crippen LogP contribution in [-0.2, 0) is 0 Å². The molecule has 0 aromatic carbocycles. The molecule has 0 bridgehead atoms. The van der Waals surface area contributed by atoms with Crippen LogP contribution >= 0.6 is 0 Å². The van der Waals surface area contributed by atoms with Crippen molar-refractivity contribution in [3.63, 3.8) is 0 Å². The van der Waals surface area contributed by atoms with Gasteiger partial charge >= 0.3 is 5.79 Å². The summed E-state index contributed by atoms with van der Waals surface area (Å²) < 4.78 is 12.2. The molecule has 0 heterocycles. The largest absolute Gasteiger partial charge is 0.355 e. The van der Waals surface area contributed by atoms with Crippen molar-refractivity contribution in [3.8, 4) is 0 Å². The molecule has 0 saturated heterocycles. The Morgan fingerprint density at radius 1 is 1.88 bits per heavy atom. The minimum atomic E-state index is -2.24. The summed E-state index contributed by atoms with van der Waals surface area (Å²) in [6.45, 7) is 2.38. The second-order valence-corrected chi connectivity index (χ2v) is 1.75. The number of alkyl halides is 1. The molecule has 3 nitrogen and oxygen atoms in total. The van der Waals surface area contributed by atoms with E-state index in [2.05, 4.69) is 0 Å². The van der Waals surface area contributed by atoms with Crippen molar-refractivity contribution < 1.29 is 9.31 Å². The average molecular weight is 121 g/mol. The van der Waals surface area contributed by atoms with Gasteiger partial charge in [-0.25, -0.2) is 0 Å². The van der Waals surface area contributed by atoms with Crippen LogP contribution in [-0.4, -0.2) is 10.7 Å². The highest BCUT2D eigenvalue weighted by Gasteiger charge is 2.33. The smallest absolute Gasteiger partial charge is 0.261 e. The maximum absolute atomic E-state index is 12.2. The van der Waals surface area contributed by atoms with Gasteiger partial charge < -0.3 is 0 Å². The maximum Gasteiger partial charge on any atom is 0.355 e. The van der Waals surface area contributed by atoms with E-state index >= 15 is 0 Å². The highest BCUT2D eigenvalue weighted by Crippen LogP contribution is 2.13. The van der Waals surface area contributed by atoms with Crippen molar-refractivity contribution in [2.75, 3.05) is 0 Å². The maximum atomic E-state index is 12.2. The Hall–Kier alpha value is -0.670. The Morgan fingerprint density at radius 3 is 2.25 bits per heavy atom. The van der Waals surface area contributed by atoms with Crippen molar-refractivity contribution in [2.24, 2.45) is 0 Å². The molecule has 0 rings (SSSR count). The van der Waals surface area contributed by atoms with Gasteiger partial charge in [0.25, 0.3) is 0 Å². The molecular formula is C4H8FNO2. The monoisotopic (exact) mass is 121 g/mol. The van der Waals surface area contributed by atoms with Gasteiger partial charge in [0.15, 0.2) is 0 Å². The van der Waals surface area contributed by atoms with Crippen LogP contribution in [0.1, 0.15) is 20.3 Å². The van der Waals surface area contributed by atoms with Gasteiger partial charge in [-0.3, -0.25) is 10.1 Å². The second-order valence-electron chi connectivity index (χ2n) is 1.75. The summed E-state index contributed by atoms with van der Waals surface area (Å²) in [6.07, 6.45) is -0.0833. The molecule has 0 amide bonds. The number of rotatable bonds is 2. The van der Waals surface area contributed by atoms with Crippen molar-refractivity contribution in [3.05, 3.63) is 10.1 Å². The molecule has 0 aliphatic carbocycles. The number of nitro groups is 1. The minimum absolute atomic E-state index is 0.0833. The van der Waals surface area contributed by atoms with Crippen LogP contribution < -0.4 is 0 Å². The zero-order chi connectivity index (χ0) is 6.78. The summed E-state index contributed by atoms with van der Waals surface area (Å²) in [5.41, 5.74) is 0. The molecule has 0 saturated carbocycles. The Bertz CT molecular complexity index is 102. The van der Waals surface area contributed by atoms with Crippen LogP contribution in [0, 0.1) is 10.1 Å². The van der Waals surface area contributed by atoms with Crippen molar-refractivity contribution >= 4 is 0 Å². The Balaban J connectivity index is 3.91. The van der Waals surface area contributed by atoms with Crippen LogP contribution in [0.25, 0.3) is 0 Å². The lowest BCUT2D eigenvalue weighted by Crippen LogP contribution is -2.27. The molecular weight excluding hydrogens is 113 g/mol. The molecule has 48 valence electrons. The van der Waals surface area contributed by atoms with Crippen LogP contribution in [0.15, 0.2) is 0 Å². The summed E-state index contributed by atoms with van der Waals surface area (Å²) >= 11 is 0. The van der Waals surface area contributed by atoms with Gasteiger partial charge in [0.05, 0.1) is 4.92 Å². The summed E-state index contributed by atoms with van der Waals surface area (Å²) in [5, 5.41) is 9.68. The SMILES string of the molecule is CCC(C)(F)[N+](=O)[O-]. The van der Waals surface area contributed by atoms with E-state index in [1.165, 1.54) is 6.92 Å². The van der Waals surface area contributed by atoms with Crippen LogP contribution in [0.4, 0.5) is 4.39 Å². The molecule has 0 aromatic heterocycles. The Labute approximate surface area is 46.7 Å². The predicted molar refractivity (Wildman–Crippen MR) is 26.8 cm³/mol. The highest BCUT2D eigenvalue weighted by atomic mass is 19.1. The van der Waals surface area contributed by atoms with E-state index in [0.717, 1.165) is 6.92 Å². The minimum Gasteiger partial charge on any atom is -0.261 e. The van der Waals surface area contributed by atoms with E-state index in [0.29, 0.717) is 0 Å². The van der Waals surface area contributed by atoms with Gasteiger partial charge in [0.2, 0.25) is 0 Å². The summed E-state index contributed by atoms with van der Waals surface area (Å²) in [5.74, 6) is -2.24. The average Bonchev–Trinajstić information content (AvgIpc) is 1.67. The van der Waals surface area contributed by atoms with Crippen LogP contribution in [0.5, 0.6) is 0 Å². The summed E-state index contributed by atoms with van der Waals surface area (Å²) in [7, 11) is 0. The van der Waals surface area contributed by atoms with Crippen LogP contribution in [0.2, 0.25) is 0 Å². The molecule has 0 aliphatic rings. The first kappa shape index (κ1) is 7.33. The molecule has 0 aromatic rings. The number of nitrogens with zero attached hydrogens (tertiary/aromatic N) is 1. The highest BCUT2D eigenvalue weighted by molar-refractivity contribution is 4.52. The van der Waals surface area contributed by atoms with Gasteiger partial charge in [0, 0.05) is 13.3 Å². The zero-order valence-electron chi connectivity index (χ0n) is 4.85. The topological polar surface area (TPSA) is 43.1 Å². The van der Waals surface area contributed by atoms with Crippen molar-refractivity contribution in [1.29, 1.82) is 0 Å². The molecule has 1 unspecified atom stereocenters. The number of halogens is 1. The van der Waals surface area contributed by atoms with Crippen molar-refractivity contribution in [2.45, 2.75) is 26.1 Å². The Kier molecular flexibility index (Phi) is 1.89. The van der Waals surface area contributed by atoms with E-state index in [1.807, 2.05) is 0 Å². The van der Waals surface area contributed by atoms with E-state index < -0.39 is 10.7 Å². The van der Waals surface area contributed by atoms with Gasteiger partial charge in [-0.15, -0.1) is 0 Å². The summed E-state index contributed by atoms with van der Waals surface area (Å²) in [6, 6.07) is 0. The van der Waals surface area contributed by atoms with Gasteiger partial charge in [-0.1, -0.05) is 6.92 Å². The standard InChI is InChI=1S/C4H8FNO2/c1-3-4(2,5)6(7)8/h3H2,1-2H3. The third kappa shape index (κ3) is 1.44. The molecule has 0 aliphatic heterocycles. The third-order valence-electron chi connectivity index (χ3n) is 1.03. The first-order valence-corrected chi connectivity index (χ1v) is 2.34. The molecule has 1 atom stereocenters. The van der Waals surface area contributed by atoms with E-state index in [-0.39, 0.29) is 6.42 Å². The lowest BCUT2D eigenvalue weighted by atomic mass is 10.2. The number of hydrogen-bond acceptors (Lipinski definition) is 2. The fraction of sp³-hybridized carbons (Fsp3) is 1.00. The molecule has 0 fully saturated rings. The lowest BCUT2D eigenvalue weighted by molar-refractivity contribution is -0.601. The van der Waals surface area contributed by atoms with E-state index in [1.54, 1.807) is 0 Å². The molecule has 4 heteroatoms. The molecule has 0 N–H and O–H groups in total. The summed E-state index contributed by atoms with van der Waals surface area (Å²) in [4.78, 5) is 8.76. The van der Waals surface area contributed by atoms with E-state index in [9.17, 15) is 14.5 Å². The fourth-order valence-corrected chi connectivity index (χ4v) is 0.129. The van der Waals surface area contributed by atoms with Crippen LogP contribution in [0.3, 0.4) is 0 Å². The predicted octanol–water partition coefficient (Wildman–Crippen LogP) is 1.36. The van der Waals surface area contributed by atoms with E-state index in [4.69, 9.17) is 0 Å². The van der Waals surface area contributed by atoms with Gasteiger partial charge in [0.1, 0.15) is 0 Å². The Morgan fingerprint density at radius 2 is 2.25 bits per heavy atom. The molecule has 0 radical (unpaired) electrons. The first-order valence-electron chi connectivity index (χ1n) is 2.34.